The Hall–Kier alpha value is -3.02. The lowest BCUT2D eigenvalue weighted by atomic mass is 9.87. The highest BCUT2D eigenvalue weighted by molar-refractivity contribution is 5.94. The molecule has 0 spiro atoms. The number of oxime groups is 1. The number of hydrogen-bond donors (Lipinski definition) is 1. The maximum Gasteiger partial charge on any atom is 0.264 e. The van der Waals surface area contributed by atoms with Gasteiger partial charge in [-0.15, -0.1) is 0 Å². The topological polar surface area (TPSA) is 69.2 Å². The fraction of sp³-hybridized carbons (Fsp3) is 0.364. The first-order valence-electron chi connectivity index (χ1n) is 9.74. The van der Waals surface area contributed by atoms with Crippen molar-refractivity contribution in [2.24, 2.45) is 5.16 Å². The molecule has 1 amide bonds. The van der Waals surface area contributed by atoms with Crippen molar-refractivity contribution in [3.8, 4) is 11.5 Å². The average Bonchev–Trinajstić information content (AvgIpc) is 3.37. The van der Waals surface area contributed by atoms with Gasteiger partial charge in [0.1, 0.15) is 0 Å². The molecule has 2 heterocycles. The lowest BCUT2D eigenvalue weighted by Gasteiger charge is -2.27. The second-order valence-electron chi connectivity index (χ2n) is 7.47. The summed E-state index contributed by atoms with van der Waals surface area (Å²) < 4.78 is 10.8. The normalized spacial score (nSPS) is 22.2. The van der Waals surface area contributed by atoms with Gasteiger partial charge in [0.05, 0.1) is 11.8 Å². The Bertz CT molecular complexity index is 940. The Balaban J connectivity index is 1.20. The van der Waals surface area contributed by atoms with Crippen molar-refractivity contribution < 1.29 is 19.1 Å². The molecule has 0 saturated carbocycles. The smallest absolute Gasteiger partial charge is 0.264 e. The Morgan fingerprint density at radius 1 is 1.14 bits per heavy atom. The molecule has 0 bridgehead atoms. The van der Waals surface area contributed by atoms with Gasteiger partial charge in [-0.05, 0) is 48.1 Å². The van der Waals surface area contributed by atoms with E-state index in [9.17, 15) is 4.79 Å². The van der Waals surface area contributed by atoms with E-state index in [0.29, 0.717) is 12.8 Å². The maximum atomic E-state index is 12.7. The van der Waals surface area contributed by atoms with E-state index in [1.165, 1.54) is 11.1 Å². The van der Waals surface area contributed by atoms with Gasteiger partial charge in [0.15, 0.2) is 11.5 Å². The SMILES string of the molecule is O=C(NC1CCCc2ccccc21)C1CC(Cc2ccc3c(c2)OCO3)=NO1. The van der Waals surface area contributed by atoms with Gasteiger partial charge in [-0.25, -0.2) is 0 Å². The molecule has 144 valence electrons. The molecule has 2 atom stereocenters. The summed E-state index contributed by atoms with van der Waals surface area (Å²) in [6.07, 6.45) is 3.70. The molecule has 0 radical (unpaired) electrons. The van der Waals surface area contributed by atoms with Crippen LogP contribution in [-0.4, -0.2) is 24.5 Å². The summed E-state index contributed by atoms with van der Waals surface area (Å²) in [5, 5.41) is 7.31. The van der Waals surface area contributed by atoms with Crippen molar-refractivity contribution in [1.29, 1.82) is 0 Å². The zero-order chi connectivity index (χ0) is 18.9. The third-order valence-electron chi connectivity index (χ3n) is 5.55. The highest BCUT2D eigenvalue weighted by Gasteiger charge is 2.31. The van der Waals surface area contributed by atoms with E-state index in [0.717, 1.165) is 42.0 Å². The second-order valence-corrected chi connectivity index (χ2v) is 7.47. The van der Waals surface area contributed by atoms with Crippen molar-refractivity contribution in [2.75, 3.05) is 6.79 Å². The second kappa shape index (κ2) is 7.19. The monoisotopic (exact) mass is 378 g/mol. The highest BCUT2D eigenvalue weighted by atomic mass is 16.7. The highest BCUT2D eigenvalue weighted by Crippen LogP contribution is 2.33. The average molecular weight is 378 g/mol. The van der Waals surface area contributed by atoms with E-state index in [2.05, 4.69) is 28.7 Å². The third-order valence-corrected chi connectivity index (χ3v) is 5.55. The summed E-state index contributed by atoms with van der Waals surface area (Å²) in [7, 11) is 0. The molecule has 6 heteroatoms. The summed E-state index contributed by atoms with van der Waals surface area (Å²) in [6.45, 7) is 0.259. The number of aryl methyl sites for hydroxylation is 1. The molecular formula is C22H22N2O4. The minimum atomic E-state index is -0.557. The van der Waals surface area contributed by atoms with Crippen LogP contribution >= 0.6 is 0 Å². The van der Waals surface area contributed by atoms with E-state index in [1.807, 2.05) is 24.3 Å². The van der Waals surface area contributed by atoms with E-state index in [4.69, 9.17) is 14.3 Å². The molecule has 3 aliphatic rings. The minimum Gasteiger partial charge on any atom is -0.454 e. The maximum absolute atomic E-state index is 12.7. The van der Waals surface area contributed by atoms with Crippen LogP contribution in [0, 0.1) is 0 Å². The predicted molar refractivity (Wildman–Crippen MR) is 103 cm³/mol. The van der Waals surface area contributed by atoms with Crippen molar-refractivity contribution in [2.45, 2.75) is 44.2 Å². The number of rotatable bonds is 4. The lowest BCUT2D eigenvalue weighted by molar-refractivity contribution is -0.132. The molecule has 0 aromatic heterocycles. The number of hydrogen-bond acceptors (Lipinski definition) is 5. The standard InChI is InChI=1S/C22H22N2O4/c25-22(23-18-7-3-5-15-4-1-2-6-17(15)18)21-12-16(24-28-21)10-14-8-9-19-20(11-14)27-13-26-19/h1-2,4,6,8-9,11,18,21H,3,5,7,10,12-13H2,(H,23,25). The van der Waals surface area contributed by atoms with Crippen LogP contribution in [0.15, 0.2) is 47.6 Å². The summed E-state index contributed by atoms with van der Waals surface area (Å²) in [6, 6.07) is 14.2. The molecule has 6 nitrogen and oxygen atoms in total. The van der Waals surface area contributed by atoms with Crippen LogP contribution in [0.25, 0.3) is 0 Å². The van der Waals surface area contributed by atoms with E-state index >= 15 is 0 Å². The molecule has 5 rings (SSSR count). The number of nitrogens with zero attached hydrogens (tertiary/aromatic N) is 1. The number of nitrogens with one attached hydrogen (secondary N) is 1. The molecule has 0 saturated heterocycles. The van der Waals surface area contributed by atoms with Crippen molar-refractivity contribution >= 4 is 11.6 Å². The van der Waals surface area contributed by atoms with Gasteiger partial charge >= 0.3 is 0 Å². The molecule has 2 aromatic carbocycles. The van der Waals surface area contributed by atoms with Crippen LogP contribution < -0.4 is 14.8 Å². The van der Waals surface area contributed by atoms with Gasteiger partial charge in [-0.3, -0.25) is 4.79 Å². The van der Waals surface area contributed by atoms with Crippen LogP contribution in [0.1, 0.15) is 42.0 Å². The predicted octanol–water partition coefficient (Wildman–Crippen LogP) is 3.30. The number of carbonyl (C=O) groups is 1. The van der Waals surface area contributed by atoms with Crippen LogP contribution in [0.5, 0.6) is 11.5 Å². The molecule has 2 aromatic rings. The van der Waals surface area contributed by atoms with Crippen LogP contribution in [0.3, 0.4) is 0 Å². The fourth-order valence-electron chi connectivity index (χ4n) is 4.13. The van der Waals surface area contributed by atoms with Crippen molar-refractivity contribution in [1.82, 2.24) is 5.32 Å². The zero-order valence-electron chi connectivity index (χ0n) is 15.5. The van der Waals surface area contributed by atoms with Gasteiger partial charge in [0, 0.05) is 12.8 Å². The fourth-order valence-corrected chi connectivity index (χ4v) is 4.13. The minimum absolute atomic E-state index is 0.0546. The van der Waals surface area contributed by atoms with E-state index in [-0.39, 0.29) is 18.7 Å². The Morgan fingerprint density at radius 2 is 2.04 bits per heavy atom. The van der Waals surface area contributed by atoms with E-state index in [1.54, 1.807) is 0 Å². The third kappa shape index (κ3) is 3.30. The van der Waals surface area contributed by atoms with Crippen molar-refractivity contribution in [3.63, 3.8) is 0 Å². The number of benzene rings is 2. The number of amides is 1. The summed E-state index contributed by atoms with van der Waals surface area (Å²) in [5.74, 6) is 1.42. The molecule has 0 fully saturated rings. The van der Waals surface area contributed by atoms with Crippen LogP contribution in [0.2, 0.25) is 0 Å². The summed E-state index contributed by atoms with van der Waals surface area (Å²) >= 11 is 0. The first-order valence-corrected chi connectivity index (χ1v) is 9.74. The molecule has 28 heavy (non-hydrogen) atoms. The Morgan fingerprint density at radius 3 is 3.00 bits per heavy atom. The molecular weight excluding hydrogens is 356 g/mol. The number of fused-ring (bicyclic) bond motifs is 2. The van der Waals surface area contributed by atoms with Gasteiger partial charge in [0.25, 0.3) is 5.91 Å². The lowest BCUT2D eigenvalue weighted by Crippen LogP contribution is -2.38. The Labute approximate surface area is 163 Å². The summed E-state index contributed by atoms with van der Waals surface area (Å²) in [5.41, 5.74) is 4.48. The number of ether oxygens (including phenoxy) is 2. The largest absolute Gasteiger partial charge is 0.454 e. The summed E-state index contributed by atoms with van der Waals surface area (Å²) in [4.78, 5) is 18.2. The van der Waals surface area contributed by atoms with Crippen LogP contribution in [-0.2, 0) is 22.5 Å². The van der Waals surface area contributed by atoms with E-state index < -0.39 is 6.10 Å². The zero-order valence-corrected chi connectivity index (χ0v) is 15.5. The number of carbonyl (C=O) groups excluding carboxylic acids is 1. The first kappa shape index (κ1) is 17.1. The molecule has 2 aliphatic heterocycles. The molecule has 2 unspecified atom stereocenters. The molecule has 1 aliphatic carbocycles. The molecule has 1 N–H and O–H groups in total. The van der Waals surface area contributed by atoms with Gasteiger partial charge < -0.3 is 19.6 Å². The van der Waals surface area contributed by atoms with Crippen LogP contribution in [0.4, 0.5) is 0 Å². The Kier molecular flexibility index (Phi) is 4.39. The van der Waals surface area contributed by atoms with Gasteiger partial charge in [-0.2, -0.15) is 0 Å². The van der Waals surface area contributed by atoms with Gasteiger partial charge in [-0.1, -0.05) is 35.5 Å². The van der Waals surface area contributed by atoms with Gasteiger partial charge in [0.2, 0.25) is 12.9 Å². The quantitative estimate of drug-likeness (QED) is 0.886. The van der Waals surface area contributed by atoms with Crippen molar-refractivity contribution in [3.05, 3.63) is 59.2 Å². The first-order chi connectivity index (χ1) is 13.8.